The van der Waals surface area contributed by atoms with Crippen LogP contribution in [0.3, 0.4) is 0 Å². The van der Waals surface area contributed by atoms with Crippen LogP contribution in [0.2, 0.25) is 0 Å². The Labute approximate surface area is 181 Å². The lowest BCUT2D eigenvalue weighted by molar-refractivity contribution is -0.119. The number of carbonyl (C=O) groups excluding carboxylic acids is 2. The van der Waals surface area contributed by atoms with Crippen LogP contribution in [-0.4, -0.2) is 55.3 Å². The van der Waals surface area contributed by atoms with E-state index >= 15 is 0 Å². The van der Waals surface area contributed by atoms with Gasteiger partial charge in [0.15, 0.2) is 6.61 Å². The highest BCUT2D eigenvalue weighted by molar-refractivity contribution is 7.89. The second-order valence-corrected chi connectivity index (χ2v) is 9.03. The number of nitrogens with one attached hydrogen (secondary N) is 2. The fourth-order valence-electron chi connectivity index (χ4n) is 2.90. The van der Waals surface area contributed by atoms with Crippen molar-refractivity contribution in [3.05, 3.63) is 48.2 Å². The maximum absolute atomic E-state index is 12.6. The van der Waals surface area contributed by atoms with Crippen LogP contribution in [0.25, 0.3) is 0 Å². The van der Waals surface area contributed by atoms with Gasteiger partial charge >= 0.3 is 5.97 Å². The van der Waals surface area contributed by atoms with Gasteiger partial charge in [-0.05, 0) is 43.2 Å². The summed E-state index contributed by atoms with van der Waals surface area (Å²) in [5.41, 5.74) is 0.535. The van der Waals surface area contributed by atoms with E-state index in [9.17, 15) is 18.0 Å². The van der Waals surface area contributed by atoms with Crippen molar-refractivity contribution in [2.45, 2.75) is 37.6 Å². The van der Waals surface area contributed by atoms with Crippen molar-refractivity contribution >= 4 is 33.4 Å². The molecule has 0 unspecified atom stereocenters. The lowest BCUT2D eigenvalue weighted by atomic mass is 10.3. The van der Waals surface area contributed by atoms with Gasteiger partial charge in [-0.15, -0.1) is 0 Å². The van der Waals surface area contributed by atoms with Crippen molar-refractivity contribution in [3.63, 3.8) is 0 Å². The molecule has 1 aromatic heterocycles. The van der Waals surface area contributed by atoms with Crippen LogP contribution >= 0.6 is 0 Å². The summed E-state index contributed by atoms with van der Waals surface area (Å²) >= 11 is 0. The SMILES string of the molecule is CCN(CC)S(=O)(=O)c1cccc(NC(=O)COC(=O)c2ccc(NC3CC3)nc2)c1. The molecule has 1 saturated carbocycles. The monoisotopic (exact) mass is 446 g/mol. The summed E-state index contributed by atoms with van der Waals surface area (Å²) in [7, 11) is -3.64. The van der Waals surface area contributed by atoms with Gasteiger partial charge in [0.05, 0.1) is 10.5 Å². The summed E-state index contributed by atoms with van der Waals surface area (Å²) < 4.78 is 31.6. The van der Waals surface area contributed by atoms with E-state index in [4.69, 9.17) is 4.74 Å². The first kappa shape index (κ1) is 22.7. The average molecular weight is 447 g/mol. The van der Waals surface area contributed by atoms with E-state index in [1.807, 2.05) is 0 Å². The number of hydrogen-bond acceptors (Lipinski definition) is 7. The minimum atomic E-state index is -3.64. The summed E-state index contributed by atoms with van der Waals surface area (Å²) in [6, 6.07) is 9.68. The fourth-order valence-corrected chi connectivity index (χ4v) is 4.40. The predicted octanol–water partition coefficient (Wildman–Crippen LogP) is 2.48. The molecule has 0 bridgehead atoms. The van der Waals surface area contributed by atoms with Gasteiger partial charge in [0.25, 0.3) is 5.91 Å². The van der Waals surface area contributed by atoms with Gasteiger partial charge < -0.3 is 15.4 Å². The molecule has 1 heterocycles. The maximum Gasteiger partial charge on any atom is 0.340 e. The van der Waals surface area contributed by atoms with Crippen LogP contribution in [-0.2, 0) is 19.6 Å². The predicted molar refractivity (Wildman–Crippen MR) is 116 cm³/mol. The highest BCUT2D eigenvalue weighted by Gasteiger charge is 2.22. The fraction of sp³-hybridized carbons (Fsp3) is 0.381. The molecule has 0 radical (unpaired) electrons. The highest BCUT2D eigenvalue weighted by atomic mass is 32.2. The molecule has 1 fully saturated rings. The summed E-state index contributed by atoms with van der Waals surface area (Å²) in [5.74, 6) is -0.555. The molecule has 2 N–H and O–H groups in total. The largest absolute Gasteiger partial charge is 0.452 e. The molecule has 1 amide bonds. The summed E-state index contributed by atoms with van der Waals surface area (Å²) in [6.07, 6.45) is 3.63. The molecule has 0 saturated heterocycles. The van der Waals surface area contributed by atoms with E-state index in [-0.39, 0.29) is 10.5 Å². The molecule has 0 spiro atoms. The molecule has 10 heteroatoms. The van der Waals surface area contributed by atoms with Crippen molar-refractivity contribution < 1.29 is 22.7 Å². The summed E-state index contributed by atoms with van der Waals surface area (Å²) in [4.78, 5) is 28.5. The molecule has 166 valence electrons. The number of aromatic nitrogens is 1. The van der Waals surface area contributed by atoms with Gasteiger partial charge in [-0.3, -0.25) is 4.79 Å². The van der Waals surface area contributed by atoms with Crippen LogP contribution in [0.1, 0.15) is 37.0 Å². The topological polar surface area (TPSA) is 118 Å². The molecule has 0 aliphatic heterocycles. The number of pyridine rings is 1. The molecule has 1 aliphatic carbocycles. The molecule has 31 heavy (non-hydrogen) atoms. The van der Waals surface area contributed by atoms with E-state index in [1.165, 1.54) is 22.6 Å². The van der Waals surface area contributed by atoms with Gasteiger partial charge in [0.1, 0.15) is 5.82 Å². The smallest absolute Gasteiger partial charge is 0.340 e. The zero-order valence-electron chi connectivity index (χ0n) is 17.5. The van der Waals surface area contributed by atoms with Crippen molar-refractivity contribution in [1.29, 1.82) is 0 Å². The standard InChI is InChI=1S/C21H26N4O5S/c1-3-25(4-2)31(28,29)18-7-5-6-17(12-18)24-20(26)14-30-21(27)15-8-11-19(22-13-15)23-16-9-10-16/h5-8,11-13,16H,3-4,9-10,14H2,1-2H3,(H,22,23)(H,24,26). The normalized spacial score (nSPS) is 13.6. The van der Waals surface area contributed by atoms with Crippen LogP contribution in [0.5, 0.6) is 0 Å². The number of rotatable bonds is 10. The number of esters is 1. The average Bonchev–Trinajstić information content (AvgIpc) is 3.57. The number of hydrogen-bond donors (Lipinski definition) is 2. The molecule has 3 rings (SSSR count). The summed E-state index contributed by atoms with van der Waals surface area (Å²) in [6.45, 7) is 3.70. The van der Waals surface area contributed by atoms with Gasteiger partial charge in [0, 0.05) is 31.0 Å². The van der Waals surface area contributed by atoms with Crippen molar-refractivity contribution in [1.82, 2.24) is 9.29 Å². The third kappa shape index (κ3) is 6.02. The second-order valence-electron chi connectivity index (χ2n) is 7.09. The first-order chi connectivity index (χ1) is 14.8. The van der Waals surface area contributed by atoms with Crippen LogP contribution < -0.4 is 10.6 Å². The van der Waals surface area contributed by atoms with Crippen LogP contribution in [0.15, 0.2) is 47.5 Å². The number of ether oxygens (including phenoxy) is 1. The third-order valence-corrected chi connectivity index (χ3v) is 6.77. The highest BCUT2D eigenvalue weighted by Crippen LogP contribution is 2.23. The molecular formula is C21H26N4O5S. The van der Waals surface area contributed by atoms with E-state index in [0.717, 1.165) is 12.8 Å². The lowest BCUT2D eigenvalue weighted by Gasteiger charge is -2.18. The minimum absolute atomic E-state index is 0.0805. The van der Waals surface area contributed by atoms with Crippen molar-refractivity contribution in [3.8, 4) is 0 Å². The number of benzene rings is 1. The zero-order chi connectivity index (χ0) is 22.4. The molecule has 0 atom stereocenters. The summed E-state index contributed by atoms with van der Waals surface area (Å²) in [5, 5.41) is 5.76. The first-order valence-electron chi connectivity index (χ1n) is 10.1. The Morgan fingerprint density at radius 1 is 1.16 bits per heavy atom. The molecule has 1 aliphatic rings. The Kier molecular flexibility index (Phi) is 7.24. The van der Waals surface area contributed by atoms with Crippen molar-refractivity contribution in [2.75, 3.05) is 30.3 Å². The van der Waals surface area contributed by atoms with Gasteiger partial charge in [0.2, 0.25) is 10.0 Å². The van der Waals surface area contributed by atoms with Crippen LogP contribution in [0.4, 0.5) is 11.5 Å². The van der Waals surface area contributed by atoms with E-state index < -0.39 is 28.5 Å². The molecular weight excluding hydrogens is 420 g/mol. The Morgan fingerprint density at radius 2 is 1.90 bits per heavy atom. The Hall–Kier alpha value is -2.98. The zero-order valence-corrected chi connectivity index (χ0v) is 18.3. The molecule has 9 nitrogen and oxygen atoms in total. The van der Waals surface area contributed by atoms with E-state index in [2.05, 4.69) is 15.6 Å². The number of anilines is 2. The lowest BCUT2D eigenvalue weighted by Crippen LogP contribution is -2.30. The number of amides is 1. The van der Waals surface area contributed by atoms with Gasteiger partial charge in [-0.2, -0.15) is 4.31 Å². The number of carbonyl (C=O) groups is 2. The Balaban J connectivity index is 1.55. The molecule has 1 aromatic carbocycles. The second kappa shape index (κ2) is 9.88. The maximum atomic E-state index is 12.6. The van der Waals surface area contributed by atoms with Crippen LogP contribution in [0, 0.1) is 0 Å². The number of sulfonamides is 1. The Bertz CT molecular complexity index is 1030. The van der Waals surface area contributed by atoms with E-state index in [1.54, 1.807) is 38.1 Å². The quantitative estimate of drug-likeness (QED) is 0.538. The van der Waals surface area contributed by atoms with Gasteiger partial charge in [-0.1, -0.05) is 19.9 Å². The molecule has 2 aromatic rings. The Morgan fingerprint density at radius 3 is 2.52 bits per heavy atom. The van der Waals surface area contributed by atoms with E-state index in [0.29, 0.717) is 30.6 Å². The van der Waals surface area contributed by atoms with Gasteiger partial charge in [-0.25, -0.2) is 18.2 Å². The first-order valence-corrected chi connectivity index (χ1v) is 11.6. The minimum Gasteiger partial charge on any atom is -0.452 e. The number of nitrogens with zero attached hydrogens (tertiary/aromatic N) is 2. The van der Waals surface area contributed by atoms with Crippen molar-refractivity contribution in [2.24, 2.45) is 0 Å². The third-order valence-electron chi connectivity index (χ3n) is 4.72.